The summed E-state index contributed by atoms with van der Waals surface area (Å²) in [6.45, 7) is 0. The number of methoxy groups -OCH3 is 1. The van der Waals surface area contributed by atoms with Crippen LogP contribution in [0.2, 0.25) is 0 Å². The quantitative estimate of drug-likeness (QED) is 0.789. The minimum absolute atomic E-state index is 0.0533. The highest BCUT2D eigenvalue weighted by atomic mass is 16.5. The van der Waals surface area contributed by atoms with Crippen molar-refractivity contribution in [2.45, 2.75) is 25.7 Å². The molecule has 0 bridgehead atoms. The smallest absolute Gasteiger partial charge is 0.224 e. The molecule has 2 aromatic rings. The topological polar surface area (TPSA) is 62.1 Å². The number of nitriles is 1. The van der Waals surface area contributed by atoms with E-state index in [2.05, 4.69) is 11.4 Å². The summed E-state index contributed by atoms with van der Waals surface area (Å²) in [6.07, 6.45) is 3.15. The molecule has 2 aromatic carbocycles. The Labute approximate surface area is 136 Å². The third-order valence-corrected chi connectivity index (χ3v) is 3.60. The monoisotopic (exact) mass is 308 g/mol. The van der Waals surface area contributed by atoms with Crippen LogP contribution < -0.4 is 10.1 Å². The van der Waals surface area contributed by atoms with Gasteiger partial charge >= 0.3 is 0 Å². The summed E-state index contributed by atoms with van der Waals surface area (Å²) in [6, 6.07) is 17.1. The number of hydrogen-bond acceptors (Lipinski definition) is 3. The van der Waals surface area contributed by atoms with E-state index in [1.54, 1.807) is 31.4 Å². The molecule has 1 N–H and O–H groups in total. The van der Waals surface area contributed by atoms with Gasteiger partial charge in [0.25, 0.3) is 0 Å². The Morgan fingerprint density at radius 1 is 1.13 bits per heavy atom. The summed E-state index contributed by atoms with van der Waals surface area (Å²) in [4.78, 5) is 11.9. The molecule has 1 amide bonds. The minimum atomic E-state index is -0.0533. The van der Waals surface area contributed by atoms with Crippen molar-refractivity contribution in [3.63, 3.8) is 0 Å². The molecule has 0 aliphatic heterocycles. The van der Waals surface area contributed by atoms with Crippen LogP contribution in [-0.4, -0.2) is 13.0 Å². The number of benzene rings is 2. The van der Waals surface area contributed by atoms with Gasteiger partial charge in [-0.05, 0) is 49.1 Å². The normalized spacial score (nSPS) is 9.91. The summed E-state index contributed by atoms with van der Waals surface area (Å²) in [7, 11) is 1.65. The molecule has 0 spiro atoms. The summed E-state index contributed by atoms with van der Waals surface area (Å²) in [5, 5.41) is 11.8. The average molecular weight is 308 g/mol. The highest BCUT2D eigenvalue weighted by molar-refractivity contribution is 5.92. The van der Waals surface area contributed by atoms with Gasteiger partial charge < -0.3 is 10.1 Å². The van der Waals surface area contributed by atoms with Crippen molar-refractivity contribution in [1.29, 1.82) is 5.26 Å². The Balaban J connectivity index is 1.73. The van der Waals surface area contributed by atoms with Crippen molar-refractivity contribution in [1.82, 2.24) is 0 Å². The van der Waals surface area contributed by atoms with Crippen LogP contribution in [0.5, 0.6) is 5.75 Å². The molecule has 0 unspecified atom stereocenters. The highest BCUT2D eigenvalue weighted by Crippen LogP contribution is 2.16. The maximum Gasteiger partial charge on any atom is 0.224 e. The lowest BCUT2D eigenvalue weighted by molar-refractivity contribution is -0.116. The first-order valence-electron chi connectivity index (χ1n) is 7.65. The number of para-hydroxylation sites is 1. The first-order chi connectivity index (χ1) is 11.2. The Kier molecular flexibility index (Phi) is 6.19. The van der Waals surface area contributed by atoms with Crippen LogP contribution in [0.25, 0.3) is 0 Å². The number of aryl methyl sites for hydroxylation is 1. The van der Waals surface area contributed by atoms with Gasteiger partial charge in [0.1, 0.15) is 11.8 Å². The van der Waals surface area contributed by atoms with E-state index in [1.165, 1.54) is 5.56 Å². The molecule has 0 aliphatic rings. The number of amides is 1. The van der Waals surface area contributed by atoms with E-state index in [0.29, 0.717) is 17.7 Å². The van der Waals surface area contributed by atoms with Gasteiger partial charge in [0, 0.05) is 6.42 Å². The molecule has 0 aliphatic carbocycles. The van der Waals surface area contributed by atoms with Crippen molar-refractivity contribution in [3.05, 3.63) is 59.7 Å². The molecule has 0 fully saturated rings. The van der Waals surface area contributed by atoms with Gasteiger partial charge in [0.15, 0.2) is 0 Å². The second kappa shape index (κ2) is 8.60. The predicted molar refractivity (Wildman–Crippen MR) is 90.3 cm³/mol. The number of carbonyl (C=O) groups excluding carboxylic acids is 1. The summed E-state index contributed by atoms with van der Waals surface area (Å²) in [5.74, 6) is 0.798. The van der Waals surface area contributed by atoms with E-state index < -0.39 is 0 Å². The summed E-state index contributed by atoms with van der Waals surface area (Å²) >= 11 is 0. The first-order valence-corrected chi connectivity index (χ1v) is 7.65. The molecule has 23 heavy (non-hydrogen) atoms. The Bertz CT molecular complexity index is 687. The Morgan fingerprint density at radius 3 is 2.57 bits per heavy atom. The molecule has 4 heteroatoms. The van der Waals surface area contributed by atoms with Gasteiger partial charge in [-0.3, -0.25) is 4.79 Å². The van der Waals surface area contributed by atoms with Gasteiger partial charge in [-0.1, -0.05) is 24.3 Å². The SMILES string of the molecule is COc1ccc(CCCCC(=O)Nc2ccccc2C#N)cc1. The second-order valence-corrected chi connectivity index (χ2v) is 5.26. The number of anilines is 1. The van der Waals surface area contributed by atoms with Crippen LogP contribution in [0.15, 0.2) is 48.5 Å². The highest BCUT2D eigenvalue weighted by Gasteiger charge is 2.06. The van der Waals surface area contributed by atoms with E-state index >= 15 is 0 Å². The molecule has 2 rings (SSSR count). The van der Waals surface area contributed by atoms with E-state index in [4.69, 9.17) is 10.00 Å². The van der Waals surface area contributed by atoms with Crippen molar-refractivity contribution in [2.24, 2.45) is 0 Å². The molecule has 0 aromatic heterocycles. The fourth-order valence-corrected chi connectivity index (χ4v) is 2.31. The summed E-state index contributed by atoms with van der Waals surface area (Å²) in [5.41, 5.74) is 2.30. The maximum atomic E-state index is 11.9. The Hall–Kier alpha value is -2.80. The maximum absolute atomic E-state index is 11.9. The number of unbranched alkanes of at least 4 members (excludes halogenated alkanes) is 1. The van der Waals surface area contributed by atoms with Crippen LogP contribution in [0.1, 0.15) is 30.4 Å². The third kappa shape index (κ3) is 5.15. The lowest BCUT2D eigenvalue weighted by Gasteiger charge is -2.07. The van der Waals surface area contributed by atoms with Crippen LogP contribution in [0.4, 0.5) is 5.69 Å². The van der Waals surface area contributed by atoms with E-state index in [9.17, 15) is 4.79 Å². The van der Waals surface area contributed by atoms with Gasteiger partial charge in [0.05, 0.1) is 18.4 Å². The number of nitrogens with one attached hydrogen (secondary N) is 1. The average Bonchev–Trinajstić information content (AvgIpc) is 2.59. The predicted octanol–water partition coefficient (Wildman–Crippen LogP) is 3.92. The number of hydrogen-bond donors (Lipinski definition) is 1. The van der Waals surface area contributed by atoms with E-state index in [0.717, 1.165) is 25.0 Å². The zero-order valence-electron chi connectivity index (χ0n) is 13.2. The lowest BCUT2D eigenvalue weighted by atomic mass is 10.1. The van der Waals surface area contributed by atoms with Crippen molar-refractivity contribution >= 4 is 11.6 Å². The van der Waals surface area contributed by atoms with Gasteiger partial charge in [-0.15, -0.1) is 0 Å². The van der Waals surface area contributed by atoms with Crippen molar-refractivity contribution in [2.75, 3.05) is 12.4 Å². The molecule has 4 nitrogen and oxygen atoms in total. The second-order valence-electron chi connectivity index (χ2n) is 5.26. The molecule has 0 atom stereocenters. The summed E-state index contributed by atoms with van der Waals surface area (Å²) < 4.78 is 5.13. The van der Waals surface area contributed by atoms with Crippen LogP contribution in [-0.2, 0) is 11.2 Å². The standard InChI is InChI=1S/C19H20N2O2/c1-23-17-12-10-15(11-13-17)6-2-5-9-19(22)21-18-8-4-3-7-16(18)14-20/h3-4,7-8,10-13H,2,5-6,9H2,1H3,(H,21,22). The Morgan fingerprint density at radius 2 is 1.87 bits per heavy atom. The van der Waals surface area contributed by atoms with Crippen LogP contribution in [0.3, 0.4) is 0 Å². The van der Waals surface area contributed by atoms with Crippen LogP contribution in [0, 0.1) is 11.3 Å². The van der Waals surface area contributed by atoms with Gasteiger partial charge in [-0.25, -0.2) is 0 Å². The fourth-order valence-electron chi connectivity index (χ4n) is 2.31. The first kappa shape index (κ1) is 16.6. The molecule has 0 saturated carbocycles. The third-order valence-electron chi connectivity index (χ3n) is 3.60. The number of nitrogens with zero attached hydrogens (tertiary/aromatic N) is 1. The molecule has 0 radical (unpaired) electrons. The largest absolute Gasteiger partial charge is 0.497 e. The fraction of sp³-hybridized carbons (Fsp3) is 0.263. The molecule has 118 valence electrons. The minimum Gasteiger partial charge on any atom is -0.497 e. The van der Waals surface area contributed by atoms with E-state index in [1.807, 2.05) is 24.3 Å². The van der Waals surface area contributed by atoms with Crippen LogP contribution >= 0.6 is 0 Å². The molecular formula is C19H20N2O2. The molecule has 0 heterocycles. The lowest BCUT2D eigenvalue weighted by Crippen LogP contribution is -2.12. The number of carbonyl (C=O) groups is 1. The van der Waals surface area contributed by atoms with E-state index in [-0.39, 0.29) is 5.91 Å². The zero-order valence-corrected chi connectivity index (χ0v) is 13.2. The van der Waals surface area contributed by atoms with Crippen molar-refractivity contribution in [3.8, 4) is 11.8 Å². The van der Waals surface area contributed by atoms with Gasteiger partial charge in [-0.2, -0.15) is 5.26 Å². The molecule has 0 saturated heterocycles. The zero-order chi connectivity index (χ0) is 16.5. The molecular weight excluding hydrogens is 288 g/mol. The van der Waals surface area contributed by atoms with Crippen molar-refractivity contribution < 1.29 is 9.53 Å². The van der Waals surface area contributed by atoms with Gasteiger partial charge in [0.2, 0.25) is 5.91 Å². The number of ether oxygens (including phenoxy) is 1. The number of rotatable bonds is 7.